The maximum Gasteiger partial charge on any atom is 0.337 e. The number of carboxylic acids is 1. The molecule has 9 heteroatoms. The summed E-state index contributed by atoms with van der Waals surface area (Å²) in [5.74, 6) is -1.07. The minimum Gasteiger partial charge on any atom is -0.478 e. The van der Waals surface area contributed by atoms with Crippen molar-refractivity contribution in [3.63, 3.8) is 0 Å². The predicted molar refractivity (Wildman–Crippen MR) is 125 cm³/mol. The number of amides is 2. The minimum atomic E-state index is -1.07. The maximum atomic E-state index is 11.2. The van der Waals surface area contributed by atoms with E-state index in [0.717, 1.165) is 40.2 Å². The number of aldehydes is 1. The summed E-state index contributed by atoms with van der Waals surface area (Å²) in [6.07, 6.45) is 5.14. The molecule has 9 nitrogen and oxygen atoms in total. The van der Waals surface area contributed by atoms with Crippen molar-refractivity contribution < 1.29 is 24.3 Å². The first-order valence-corrected chi connectivity index (χ1v) is 10.3. The van der Waals surface area contributed by atoms with Crippen LogP contribution < -0.4 is 11.5 Å². The highest BCUT2D eigenvalue weighted by atomic mass is 16.4. The first kappa shape index (κ1) is 23.3. The minimum absolute atomic E-state index is 0.0847. The molecule has 0 bridgehead atoms. The molecule has 170 valence electrons. The zero-order valence-corrected chi connectivity index (χ0v) is 18.2. The van der Waals surface area contributed by atoms with E-state index in [0.29, 0.717) is 22.0 Å². The number of rotatable bonds is 4. The van der Waals surface area contributed by atoms with Crippen LogP contribution in [0.15, 0.2) is 48.8 Å². The SMILES string of the molecule is CCc1ccc2c(C(=O)O)cn(C(N)=O)c2c1.CCc1ccc2c(C=O)cn(C(N)=O)c2c1. The van der Waals surface area contributed by atoms with E-state index in [-0.39, 0.29) is 5.56 Å². The molecule has 4 aromatic rings. The van der Waals surface area contributed by atoms with Gasteiger partial charge in [-0.1, -0.05) is 38.1 Å². The monoisotopic (exact) mass is 448 g/mol. The topological polar surface area (TPSA) is 150 Å². The Morgan fingerprint density at radius 2 is 1.33 bits per heavy atom. The van der Waals surface area contributed by atoms with Crippen LogP contribution in [0.5, 0.6) is 0 Å². The van der Waals surface area contributed by atoms with Crippen LogP contribution in [0.2, 0.25) is 0 Å². The molecule has 0 saturated heterocycles. The molecule has 4 rings (SSSR count). The standard InChI is InChI=1S/C12H12N2O3.C12H12N2O2/c1-2-7-3-4-8-9(11(15)16)6-14(12(13)17)10(8)5-7;1-2-8-3-4-10-9(7-15)6-14(12(13)16)11(10)5-8/h3-6H,2H2,1H3,(H2,13,17)(H,15,16);3-7H,2H2,1H3,(H2,13,16). The van der Waals surface area contributed by atoms with Gasteiger partial charge in [0.15, 0.2) is 6.29 Å². The van der Waals surface area contributed by atoms with E-state index < -0.39 is 18.0 Å². The van der Waals surface area contributed by atoms with Crippen LogP contribution in [0.25, 0.3) is 21.8 Å². The van der Waals surface area contributed by atoms with Gasteiger partial charge in [-0.2, -0.15) is 0 Å². The number of nitrogens with two attached hydrogens (primary N) is 2. The Morgan fingerprint density at radius 3 is 1.79 bits per heavy atom. The normalized spacial score (nSPS) is 10.6. The molecule has 2 amide bonds. The van der Waals surface area contributed by atoms with Crippen molar-refractivity contribution in [2.45, 2.75) is 26.7 Å². The first-order valence-electron chi connectivity index (χ1n) is 10.3. The maximum absolute atomic E-state index is 11.2. The number of aryl methyl sites for hydroxylation is 2. The lowest BCUT2D eigenvalue weighted by Crippen LogP contribution is -2.18. The van der Waals surface area contributed by atoms with Crippen molar-refractivity contribution in [3.8, 4) is 0 Å². The van der Waals surface area contributed by atoms with Crippen LogP contribution in [0.3, 0.4) is 0 Å². The van der Waals surface area contributed by atoms with E-state index in [1.807, 2.05) is 38.1 Å². The van der Waals surface area contributed by atoms with Crippen molar-refractivity contribution in [2.24, 2.45) is 11.5 Å². The lowest BCUT2D eigenvalue weighted by molar-refractivity contribution is 0.0698. The summed E-state index contributed by atoms with van der Waals surface area (Å²) in [6.45, 7) is 4.01. The largest absolute Gasteiger partial charge is 0.478 e. The second-order valence-electron chi connectivity index (χ2n) is 7.38. The summed E-state index contributed by atoms with van der Waals surface area (Å²) in [4.78, 5) is 44.3. The summed E-state index contributed by atoms with van der Waals surface area (Å²) >= 11 is 0. The smallest absolute Gasteiger partial charge is 0.337 e. The molecule has 0 radical (unpaired) electrons. The molecule has 0 aliphatic heterocycles. The first-order chi connectivity index (χ1) is 15.7. The molecule has 0 atom stereocenters. The van der Waals surface area contributed by atoms with E-state index in [9.17, 15) is 19.2 Å². The summed E-state index contributed by atoms with van der Waals surface area (Å²) < 4.78 is 2.47. The van der Waals surface area contributed by atoms with Crippen molar-refractivity contribution in [3.05, 3.63) is 71.0 Å². The molecule has 0 fully saturated rings. The van der Waals surface area contributed by atoms with Gasteiger partial charge in [-0.15, -0.1) is 0 Å². The highest BCUT2D eigenvalue weighted by Gasteiger charge is 2.16. The summed E-state index contributed by atoms with van der Waals surface area (Å²) in [5.41, 5.74) is 14.4. The van der Waals surface area contributed by atoms with Gasteiger partial charge in [0.2, 0.25) is 0 Å². The fourth-order valence-corrected chi connectivity index (χ4v) is 3.64. The molecule has 0 spiro atoms. The number of primary amides is 2. The Labute approximate surface area is 189 Å². The number of nitrogens with zero attached hydrogens (tertiary/aromatic N) is 2. The van der Waals surface area contributed by atoms with E-state index in [4.69, 9.17) is 16.6 Å². The molecule has 2 aromatic heterocycles. The molecule has 0 saturated carbocycles. The van der Waals surface area contributed by atoms with E-state index in [1.54, 1.807) is 12.1 Å². The molecule has 5 N–H and O–H groups in total. The number of fused-ring (bicyclic) bond motifs is 2. The molecule has 2 heterocycles. The second kappa shape index (κ2) is 9.39. The quantitative estimate of drug-likeness (QED) is 0.406. The van der Waals surface area contributed by atoms with Crippen LogP contribution in [0.4, 0.5) is 9.59 Å². The van der Waals surface area contributed by atoms with Gasteiger partial charge in [0.05, 0.1) is 16.6 Å². The third kappa shape index (κ3) is 4.47. The zero-order valence-electron chi connectivity index (χ0n) is 18.2. The number of hydrogen-bond acceptors (Lipinski definition) is 4. The van der Waals surface area contributed by atoms with Crippen molar-refractivity contribution in [2.75, 3.05) is 0 Å². The van der Waals surface area contributed by atoms with Gasteiger partial charge in [0, 0.05) is 28.7 Å². The van der Waals surface area contributed by atoms with Gasteiger partial charge < -0.3 is 16.6 Å². The molecule has 0 unspecified atom stereocenters. The average Bonchev–Trinajstić information content (AvgIpc) is 3.37. The van der Waals surface area contributed by atoms with E-state index in [1.165, 1.54) is 17.0 Å². The van der Waals surface area contributed by atoms with Gasteiger partial charge in [0.25, 0.3) is 0 Å². The fraction of sp³-hybridized carbons (Fsp3) is 0.167. The van der Waals surface area contributed by atoms with Gasteiger partial charge >= 0.3 is 18.0 Å². The third-order valence-corrected chi connectivity index (χ3v) is 5.42. The van der Waals surface area contributed by atoms with Crippen LogP contribution in [0, 0.1) is 0 Å². The van der Waals surface area contributed by atoms with Crippen molar-refractivity contribution >= 4 is 46.1 Å². The Balaban J connectivity index is 0.000000186. The van der Waals surface area contributed by atoms with E-state index in [2.05, 4.69) is 0 Å². The van der Waals surface area contributed by atoms with Gasteiger partial charge in [0.1, 0.15) is 0 Å². The lowest BCUT2D eigenvalue weighted by atomic mass is 10.1. The number of carbonyl (C=O) groups excluding carboxylic acids is 3. The fourth-order valence-electron chi connectivity index (χ4n) is 3.64. The Morgan fingerprint density at radius 1 is 0.848 bits per heavy atom. The highest BCUT2D eigenvalue weighted by Crippen LogP contribution is 2.23. The molecule has 0 aliphatic rings. The lowest BCUT2D eigenvalue weighted by Gasteiger charge is -2.01. The van der Waals surface area contributed by atoms with Gasteiger partial charge in [-0.05, 0) is 36.1 Å². The van der Waals surface area contributed by atoms with Crippen LogP contribution in [-0.4, -0.2) is 38.6 Å². The average molecular weight is 448 g/mol. The Kier molecular flexibility index (Phi) is 6.62. The van der Waals surface area contributed by atoms with Crippen molar-refractivity contribution in [1.29, 1.82) is 0 Å². The predicted octanol–water partition coefficient (Wildman–Crippen LogP) is 3.77. The zero-order chi connectivity index (χ0) is 24.3. The number of benzene rings is 2. The van der Waals surface area contributed by atoms with Gasteiger partial charge in [-0.25, -0.2) is 14.4 Å². The van der Waals surface area contributed by atoms with Crippen LogP contribution >= 0.6 is 0 Å². The van der Waals surface area contributed by atoms with E-state index >= 15 is 0 Å². The second-order valence-corrected chi connectivity index (χ2v) is 7.38. The third-order valence-electron chi connectivity index (χ3n) is 5.42. The van der Waals surface area contributed by atoms with Crippen molar-refractivity contribution in [1.82, 2.24) is 9.13 Å². The van der Waals surface area contributed by atoms with Gasteiger partial charge in [-0.3, -0.25) is 13.9 Å². The number of carbonyl (C=O) groups is 4. The molecular weight excluding hydrogens is 424 g/mol. The van der Waals surface area contributed by atoms with Crippen LogP contribution in [0.1, 0.15) is 45.7 Å². The number of aromatic nitrogens is 2. The number of aromatic carboxylic acids is 1. The number of hydrogen-bond donors (Lipinski definition) is 3. The summed E-state index contributed by atoms with van der Waals surface area (Å²) in [6, 6.07) is 9.75. The molecule has 33 heavy (non-hydrogen) atoms. The molecular formula is C24H24N4O5. The highest BCUT2D eigenvalue weighted by molar-refractivity contribution is 6.06. The molecule has 0 aliphatic carbocycles. The Hall–Kier alpha value is -4.40. The summed E-state index contributed by atoms with van der Waals surface area (Å²) in [5, 5.41) is 10.3. The number of carboxylic acid groups (broad SMARTS) is 1. The summed E-state index contributed by atoms with van der Waals surface area (Å²) in [7, 11) is 0. The Bertz CT molecular complexity index is 1400. The molecule has 2 aromatic carbocycles. The van der Waals surface area contributed by atoms with Crippen LogP contribution in [-0.2, 0) is 12.8 Å².